The van der Waals surface area contributed by atoms with Crippen LogP contribution in [0.4, 0.5) is 4.39 Å². The van der Waals surface area contributed by atoms with Gasteiger partial charge in [-0.15, -0.1) is 0 Å². The number of methoxy groups -OCH3 is 1. The first-order chi connectivity index (χ1) is 9.60. The monoisotopic (exact) mass is 281 g/mol. The largest absolute Gasteiger partial charge is 0.494 e. The topological polar surface area (TPSA) is 49.8 Å². The van der Waals surface area contributed by atoms with Gasteiger partial charge in [-0.05, 0) is 31.4 Å². The maximum atomic E-state index is 14.1. The van der Waals surface area contributed by atoms with E-state index in [9.17, 15) is 9.18 Å². The lowest BCUT2D eigenvalue weighted by Gasteiger charge is -2.32. The number of rotatable bonds is 5. The molecule has 1 aromatic carbocycles. The Morgan fingerprint density at radius 3 is 3.05 bits per heavy atom. The molecule has 1 aliphatic rings. The van der Waals surface area contributed by atoms with Gasteiger partial charge in [0.2, 0.25) is 0 Å². The second-order valence-corrected chi connectivity index (χ2v) is 5.27. The van der Waals surface area contributed by atoms with Crippen LogP contribution in [0.2, 0.25) is 0 Å². The zero-order valence-corrected chi connectivity index (χ0v) is 11.6. The van der Waals surface area contributed by atoms with Crippen molar-refractivity contribution in [2.75, 3.05) is 20.2 Å². The second kappa shape index (κ2) is 6.70. The van der Waals surface area contributed by atoms with Crippen LogP contribution < -0.4 is 4.74 Å². The number of ether oxygens (including phenoxy) is 1. The van der Waals surface area contributed by atoms with Gasteiger partial charge in [-0.1, -0.05) is 12.1 Å². The minimum Gasteiger partial charge on any atom is -0.494 e. The minimum absolute atomic E-state index is 0.162. The molecule has 0 radical (unpaired) electrons. The molecule has 1 heterocycles. The Hall–Kier alpha value is -1.62. The van der Waals surface area contributed by atoms with Gasteiger partial charge in [0, 0.05) is 25.1 Å². The fourth-order valence-electron chi connectivity index (χ4n) is 2.79. The smallest absolute Gasteiger partial charge is 0.303 e. The van der Waals surface area contributed by atoms with Crippen molar-refractivity contribution < 1.29 is 19.0 Å². The number of carboxylic acid groups (broad SMARTS) is 1. The molecule has 2 rings (SSSR count). The van der Waals surface area contributed by atoms with E-state index in [0.717, 1.165) is 19.4 Å². The first kappa shape index (κ1) is 14.8. The highest BCUT2D eigenvalue weighted by Crippen LogP contribution is 2.25. The van der Waals surface area contributed by atoms with Crippen molar-refractivity contribution in [1.29, 1.82) is 0 Å². The molecular formula is C15H20FNO3. The zero-order chi connectivity index (χ0) is 14.5. The van der Waals surface area contributed by atoms with Crippen LogP contribution in [0.1, 0.15) is 24.8 Å². The van der Waals surface area contributed by atoms with Crippen LogP contribution in [0.25, 0.3) is 0 Å². The van der Waals surface area contributed by atoms with E-state index in [1.807, 2.05) is 0 Å². The number of likely N-dealkylation sites (tertiary alicyclic amines) is 1. The van der Waals surface area contributed by atoms with Crippen LogP contribution in [-0.4, -0.2) is 36.2 Å². The molecule has 1 aromatic rings. The van der Waals surface area contributed by atoms with E-state index in [0.29, 0.717) is 18.7 Å². The first-order valence-electron chi connectivity index (χ1n) is 6.85. The molecule has 1 N–H and O–H groups in total. The molecule has 0 saturated carbocycles. The Kier molecular flexibility index (Phi) is 4.95. The minimum atomic E-state index is -0.760. The Bertz CT molecular complexity index is 478. The summed E-state index contributed by atoms with van der Waals surface area (Å²) >= 11 is 0. The highest BCUT2D eigenvalue weighted by molar-refractivity contribution is 5.67. The standard InChI is InChI=1S/C15H20FNO3/c1-20-13-6-2-5-12(15(13)16)10-17-7-3-4-11(9-17)8-14(18)19/h2,5-6,11H,3-4,7-10H2,1H3,(H,18,19). The lowest BCUT2D eigenvalue weighted by molar-refractivity contribution is -0.138. The third kappa shape index (κ3) is 3.70. The number of carboxylic acids is 1. The lowest BCUT2D eigenvalue weighted by atomic mass is 9.94. The van der Waals surface area contributed by atoms with Crippen molar-refractivity contribution in [3.05, 3.63) is 29.6 Å². The van der Waals surface area contributed by atoms with Crippen LogP contribution in [0.5, 0.6) is 5.75 Å². The van der Waals surface area contributed by atoms with Crippen molar-refractivity contribution in [2.24, 2.45) is 5.92 Å². The molecule has 0 bridgehead atoms. The van der Waals surface area contributed by atoms with Crippen molar-refractivity contribution in [3.8, 4) is 5.75 Å². The predicted molar refractivity (Wildman–Crippen MR) is 73.2 cm³/mol. The number of carbonyl (C=O) groups is 1. The summed E-state index contributed by atoms with van der Waals surface area (Å²) in [5.41, 5.74) is 0.598. The summed E-state index contributed by atoms with van der Waals surface area (Å²) < 4.78 is 19.1. The van der Waals surface area contributed by atoms with Gasteiger partial charge < -0.3 is 9.84 Å². The van der Waals surface area contributed by atoms with E-state index in [1.165, 1.54) is 7.11 Å². The fraction of sp³-hybridized carbons (Fsp3) is 0.533. The predicted octanol–water partition coefficient (Wildman–Crippen LogP) is 2.52. The van der Waals surface area contributed by atoms with Gasteiger partial charge in [0.05, 0.1) is 7.11 Å². The van der Waals surface area contributed by atoms with E-state index < -0.39 is 5.97 Å². The maximum Gasteiger partial charge on any atom is 0.303 e. The van der Waals surface area contributed by atoms with Gasteiger partial charge in [-0.3, -0.25) is 9.69 Å². The number of aliphatic carboxylic acids is 1. The van der Waals surface area contributed by atoms with Crippen molar-refractivity contribution in [1.82, 2.24) is 4.90 Å². The van der Waals surface area contributed by atoms with Gasteiger partial charge in [0.25, 0.3) is 0 Å². The van der Waals surface area contributed by atoms with Crippen LogP contribution in [-0.2, 0) is 11.3 Å². The summed E-state index contributed by atoms with van der Waals surface area (Å²) in [5, 5.41) is 8.86. The number of hydrogen-bond acceptors (Lipinski definition) is 3. The molecular weight excluding hydrogens is 261 g/mol. The van der Waals surface area contributed by atoms with Gasteiger partial charge in [-0.2, -0.15) is 0 Å². The summed E-state index contributed by atoms with van der Waals surface area (Å²) in [6, 6.07) is 5.12. The van der Waals surface area contributed by atoms with Crippen LogP contribution in [0.15, 0.2) is 18.2 Å². The molecule has 0 amide bonds. The third-order valence-electron chi connectivity index (χ3n) is 3.72. The Morgan fingerprint density at radius 1 is 1.55 bits per heavy atom. The third-order valence-corrected chi connectivity index (χ3v) is 3.72. The Labute approximate surface area is 118 Å². The summed E-state index contributed by atoms with van der Waals surface area (Å²) in [6.07, 6.45) is 2.09. The number of nitrogens with zero attached hydrogens (tertiary/aromatic N) is 1. The molecule has 20 heavy (non-hydrogen) atoms. The first-order valence-corrected chi connectivity index (χ1v) is 6.85. The van der Waals surface area contributed by atoms with Crippen LogP contribution in [0, 0.1) is 11.7 Å². The highest BCUT2D eigenvalue weighted by atomic mass is 19.1. The Balaban J connectivity index is 2.01. The highest BCUT2D eigenvalue weighted by Gasteiger charge is 2.23. The average molecular weight is 281 g/mol. The van der Waals surface area contributed by atoms with E-state index in [-0.39, 0.29) is 23.9 Å². The Morgan fingerprint density at radius 2 is 2.35 bits per heavy atom. The van der Waals surface area contributed by atoms with E-state index in [2.05, 4.69) is 4.90 Å². The van der Waals surface area contributed by atoms with Crippen molar-refractivity contribution >= 4 is 5.97 Å². The summed E-state index contributed by atoms with van der Waals surface area (Å²) in [5.74, 6) is -0.670. The van der Waals surface area contributed by atoms with E-state index in [1.54, 1.807) is 18.2 Å². The molecule has 1 fully saturated rings. The second-order valence-electron chi connectivity index (χ2n) is 5.27. The quantitative estimate of drug-likeness (QED) is 0.901. The zero-order valence-electron chi connectivity index (χ0n) is 11.6. The average Bonchev–Trinajstić information content (AvgIpc) is 2.41. The van der Waals surface area contributed by atoms with Gasteiger partial charge in [-0.25, -0.2) is 4.39 Å². The SMILES string of the molecule is COc1cccc(CN2CCCC(CC(=O)O)C2)c1F. The summed E-state index contributed by atoms with van der Waals surface area (Å²) in [4.78, 5) is 12.9. The number of benzene rings is 1. The summed E-state index contributed by atoms with van der Waals surface area (Å²) in [7, 11) is 1.45. The molecule has 0 spiro atoms. The molecule has 0 aliphatic carbocycles. The number of piperidine rings is 1. The van der Waals surface area contributed by atoms with Crippen LogP contribution in [0.3, 0.4) is 0 Å². The molecule has 110 valence electrons. The lowest BCUT2D eigenvalue weighted by Crippen LogP contribution is -2.36. The maximum absolute atomic E-state index is 14.1. The number of hydrogen-bond donors (Lipinski definition) is 1. The van der Waals surface area contributed by atoms with Crippen LogP contribution >= 0.6 is 0 Å². The molecule has 1 atom stereocenters. The molecule has 4 nitrogen and oxygen atoms in total. The van der Waals surface area contributed by atoms with Gasteiger partial charge >= 0.3 is 5.97 Å². The molecule has 1 aliphatic heterocycles. The summed E-state index contributed by atoms with van der Waals surface area (Å²) in [6.45, 7) is 2.09. The normalized spacial score (nSPS) is 19.8. The fourth-order valence-corrected chi connectivity index (χ4v) is 2.79. The molecule has 1 unspecified atom stereocenters. The van der Waals surface area contributed by atoms with E-state index in [4.69, 9.17) is 9.84 Å². The van der Waals surface area contributed by atoms with Crippen molar-refractivity contribution in [2.45, 2.75) is 25.8 Å². The van der Waals surface area contributed by atoms with Crippen molar-refractivity contribution in [3.63, 3.8) is 0 Å². The molecule has 5 heteroatoms. The van der Waals surface area contributed by atoms with Gasteiger partial charge in [0.1, 0.15) is 0 Å². The molecule has 1 saturated heterocycles. The van der Waals surface area contributed by atoms with E-state index >= 15 is 0 Å². The number of halogens is 1. The molecule has 0 aromatic heterocycles. The van der Waals surface area contributed by atoms with Gasteiger partial charge in [0.15, 0.2) is 11.6 Å².